The molecule has 0 aliphatic carbocycles. The SMILES string of the molecule is Cc1c(Cl)ccc2c(=O)c3c(n(C)c12)CCNC3. The van der Waals surface area contributed by atoms with E-state index in [1.807, 2.05) is 26.1 Å². The van der Waals surface area contributed by atoms with Gasteiger partial charge in [0, 0.05) is 48.2 Å². The quantitative estimate of drug-likeness (QED) is 0.789. The molecule has 1 N–H and O–H groups in total. The summed E-state index contributed by atoms with van der Waals surface area (Å²) in [5.74, 6) is 0. The minimum Gasteiger partial charge on any atom is -0.347 e. The van der Waals surface area contributed by atoms with E-state index in [9.17, 15) is 4.79 Å². The van der Waals surface area contributed by atoms with Gasteiger partial charge in [0.1, 0.15) is 0 Å². The molecule has 1 aliphatic heterocycles. The van der Waals surface area contributed by atoms with Crippen molar-refractivity contribution >= 4 is 22.5 Å². The molecular formula is C14H15ClN2O. The Labute approximate surface area is 110 Å². The standard InChI is InChI=1S/C14H15ClN2O/c1-8-11(15)4-3-9-13(8)17(2)12-5-6-16-7-10(12)14(9)18/h3-4,16H,5-7H2,1-2H3. The van der Waals surface area contributed by atoms with Crippen molar-refractivity contribution in [2.75, 3.05) is 6.54 Å². The fraction of sp³-hybridized carbons (Fsp3) is 0.357. The summed E-state index contributed by atoms with van der Waals surface area (Å²) in [5, 5.41) is 4.74. The third-order valence-corrected chi connectivity index (χ3v) is 4.22. The number of fused-ring (bicyclic) bond motifs is 2. The molecule has 1 aliphatic rings. The number of pyridine rings is 1. The van der Waals surface area contributed by atoms with Crippen LogP contribution in [0.4, 0.5) is 0 Å². The van der Waals surface area contributed by atoms with E-state index in [0.29, 0.717) is 11.6 Å². The molecule has 0 saturated heterocycles. The van der Waals surface area contributed by atoms with Gasteiger partial charge in [0.25, 0.3) is 0 Å². The fourth-order valence-electron chi connectivity index (χ4n) is 2.84. The molecule has 94 valence electrons. The number of hydrogen-bond donors (Lipinski definition) is 1. The van der Waals surface area contributed by atoms with Crippen LogP contribution in [0.2, 0.25) is 5.02 Å². The van der Waals surface area contributed by atoms with Crippen LogP contribution in [0, 0.1) is 6.92 Å². The Kier molecular flexibility index (Phi) is 2.68. The van der Waals surface area contributed by atoms with E-state index in [0.717, 1.165) is 40.7 Å². The average Bonchev–Trinajstić information content (AvgIpc) is 2.39. The normalized spacial score (nSPS) is 14.8. The van der Waals surface area contributed by atoms with Crippen LogP contribution in [0.15, 0.2) is 16.9 Å². The number of halogens is 1. The molecule has 0 spiro atoms. The molecule has 0 atom stereocenters. The number of aromatic nitrogens is 1. The monoisotopic (exact) mass is 262 g/mol. The van der Waals surface area contributed by atoms with E-state index < -0.39 is 0 Å². The lowest BCUT2D eigenvalue weighted by molar-refractivity contribution is 0.607. The molecule has 0 unspecified atom stereocenters. The molecule has 3 nitrogen and oxygen atoms in total. The highest BCUT2D eigenvalue weighted by Gasteiger charge is 2.19. The van der Waals surface area contributed by atoms with Gasteiger partial charge in [0.15, 0.2) is 5.43 Å². The first-order valence-electron chi connectivity index (χ1n) is 6.11. The third-order valence-electron chi connectivity index (χ3n) is 3.81. The van der Waals surface area contributed by atoms with Crippen molar-refractivity contribution in [1.82, 2.24) is 9.88 Å². The van der Waals surface area contributed by atoms with Gasteiger partial charge in [-0.15, -0.1) is 0 Å². The van der Waals surface area contributed by atoms with Crippen LogP contribution in [0.3, 0.4) is 0 Å². The van der Waals surface area contributed by atoms with E-state index >= 15 is 0 Å². The molecule has 0 bridgehead atoms. The van der Waals surface area contributed by atoms with E-state index in [4.69, 9.17) is 11.6 Å². The Morgan fingerprint density at radius 3 is 2.94 bits per heavy atom. The minimum absolute atomic E-state index is 0.144. The number of benzene rings is 1. The highest BCUT2D eigenvalue weighted by molar-refractivity contribution is 6.32. The summed E-state index contributed by atoms with van der Waals surface area (Å²) in [6.45, 7) is 3.56. The predicted octanol–water partition coefficient (Wildman–Crippen LogP) is 2.15. The maximum Gasteiger partial charge on any atom is 0.194 e. The third kappa shape index (κ3) is 1.51. The summed E-state index contributed by atoms with van der Waals surface area (Å²) in [6, 6.07) is 3.64. The van der Waals surface area contributed by atoms with Crippen LogP contribution < -0.4 is 10.7 Å². The van der Waals surface area contributed by atoms with Gasteiger partial charge in [-0.25, -0.2) is 0 Å². The van der Waals surface area contributed by atoms with Gasteiger partial charge in [-0.05, 0) is 24.6 Å². The largest absolute Gasteiger partial charge is 0.347 e. The Hall–Kier alpha value is -1.32. The van der Waals surface area contributed by atoms with Crippen LogP contribution in [-0.2, 0) is 20.0 Å². The van der Waals surface area contributed by atoms with Crippen molar-refractivity contribution in [3.63, 3.8) is 0 Å². The predicted molar refractivity (Wildman–Crippen MR) is 74.3 cm³/mol. The van der Waals surface area contributed by atoms with Crippen molar-refractivity contribution in [3.05, 3.63) is 44.2 Å². The van der Waals surface area contributed by atoms with Gasteiger partial charge in [0.05, 0.1) is 5.52 Å². The summed E-state index contributed by atoms with van der Waals surface area (Å²) >= 11 is 6.17. The van der Waals surface area contributed by atoms with Gasteiger partial charge in [-0.1, -0.05) is 11.6 Å². The molecule has 0 fully saturated rings. The van der Waals surface area contributed by atoms with Crippen LogP contribution in [0.5, 0.6) is 0 Å². The lowest BCUT2D eigenvalue weighted by atomic mass is 10.0. The zero-order valence-electron chi connectivity index (χ0n) is 10.5. The van der Waals surface area contributed by atoms with Crippen molar-refractivity contribution in [2.45, 2.75) is 19.9 Å². The first kappa shape index (κ1) is 11.8. The van der Waals surface area contributed by atoms with Gasteiger partial charge < -0.3 is 9.88 Å². The van der Waals surface area contributed by atoms with Crippen molar-refractivity contribution in [1.29, 1.82) is 0 Å². The molecule has 1 aromatic heterocycles. The van der Waals surface area contributed by atoms with Crippen LogP contribution in [-0.4, -0.2) is 11.1 Å². The van der Waals surface area contributed by atoms with Gasteiger partial charge >= 0.3 is 0 Å². The van der Waals surface area contributed by atoms with Gasteiger partial charge in [-0.2, -0.15) is 0 Å². The van der Waals surface area contributed by atoms with Gasteiger partial charge in [-0.3, -0.25) is 4.79 Å². The van der Waals surface area contributed by atoms with Crippen molar-refractivity contribution < 1.29 is 0 Å². The number of aryl methyl sites for hydroxylation is 2. The summed E-state index contributed by atoms with van der Waals surface area (Å²) in [6.07, 6.45) is 0.892. The number of nitrogens with zero attached hydrogens (tertiary/aromatic N) is 1. The van der Waals surface area contributed by atoms with Crippen LogP contribution in [0.1, 0.15) is 16.8 Å². The molecule has 18 heavy (non-hydrogen) atoms. The fourth-order valence-corrected chi connectivity index (χ4v) is 3.00. The van der Waals surface area contributed by atoms with E-state index in [-0.39, 0.29) is 5.43 Å². The lowest BCUT2D eigenvalue weighted by Crippen LogP contribution is -2.32. The molecule has 0 amide bonds. The first-order chi connectivity index (χ1) is 8.61. The highest BCUT2D eigenvalue weighted by Crippen LogP contribution is 2.25. The minimum atomic E-state index is 0.144. The van der Waals surface area contributed by atoms with Crippen LogP contribution >= 0.6 is 11.6 Å². The molecule has 0 radical (unpaired) electrons. The Morgan fingerprint density at radius 2 is 2.17 bits per heavy atom. The maximum atomic E-state index is 12.5. The van der Waals surface area contributed by atoms with E-state index in [1.54, 1.807) is 0 Å². The zero-order chi connectivity index (χ0) is 12.9. The lowest BCUT2D eigenvalue weighted by Gasteiger charge is -2.22. The molecule has 2 aromatic rings. The summed E-state index contributed by atoms with van der Waals surface area (Å²) in [5.41, 5.74) is 4.13. The molecule has 2 heterocycles. The molecule has 4 heteroatoms. The summed E-state index contributed by atoms with van der Waals surface area (Å²) in [7, 11) is 2.02. The highest BCUT2D eigenvalue weighted by atomic mass is 35.5. The summed E-state index contributed by atoms with van der Waals surface area (Å²) < 4.78 is 2.13. The molecule has 3 rings (SSSR count). The van der Waals surface area contributed by atoms with Gasteiger partial charge in [0.2, 0.25) is 0 Å². The summed E-state index contributed by atoms with van der Waals surface area (Å²) in [4.78, 5) is 12.5. The Bertz CT molecular complexity index is 703. The van der Waals surface area contributed by atoms with E-state index in [1.165, 1.54) is 0 Å². The number of hydrogen-bond acceptors (Lipinski definition) is 2. The second-order valence-electron chi connectivity index (χ2n) is 4.81. The van der Waals surface area contributed by atoms with Crippen LogP contribution in [0.25, 0.3) is 10.9 Å². The molecule has 1 aromatic carbocycles. The molecule has 0 saturated carbocycles. The smallest absolute Gasteiger partial charge is 0.194 e. The topological polar surface area (TPSA) is 34.0 Å². The number of nitrogens with one attached hydrogen (secondary N) is 1. The van der Waals surface area contributed by atoms with Crippen molar-refractivity contribution in [2.24, 2.45) is 7.05 Å². The second-order valence-corrected chi connectivity index (χ2v) is 5.22. The second kappa shape index (κ2) is 4.11. The number of rotatable bonds is 0. The zero-order valence-corrected chi connectivity index (χ0v) is 11.3. The Morgan fingerprint density at radius 1 is 1.39 bits per heavy atom. The molecular weight excluding hydrogens is 248 g/mol. The average molecular weight is 263 g/mol. The first-order valence-corrected chi connectivity index (χ1v) is 6.49. The van der Waals surface area contributed by atoms with Crippen molar-refractivity contribution in [3.8, 4) is 0 Å². The van der Waals surface area contributed by atoms with E-state index in [2.05, 4.69) is 9.88 Å². The Balaban J connectivity index is 2.53. The maximum absolute atomic E-state index is 12.5.